The quantitative estimate of drug-likeness (QED) is 0.140. The maximum Gasteiger partial charge on any atom is 0.326 e. The number of hydrogen-bond acceptors (Lipinski definition) is 6. The van der Waals surface area contributed by atoms with Crippen molar-refractivity contribution < 1.29 is 39.0 Å². The number of carbonyl (C=O) groups is 6. The zero-order chi connectivity index (χ0) is 38.2. The lowest BCUT2D eigenvalue weighted by Gasteiger charge is -2.25. The molecule has 1 aliphatic rings. The highest BCUT2D eigenvalue weighted by Gasteiger charge is 2.40. The van der Waals surface area contributed by atoms with Crippen LogP contribution in [0.4, 0.5) is 16.2 Å². The summed E-state index contributed by atoms with van der Waals surface area (Å²) < 4.78 is 0. The molecule has 4 atom stereocenters. The minimum atomic E-state index is -1.38. The second kappa shape index (κ2) is 17.2. The van der Waals surface area contributed by atoms with E-state index in [0.29, 0.717) is 27.5 Å². The Morgan fingerprint density at radius 1 is 0.788 bits per heavy atom. The number of carboxylic acids is 2. The zero-order valence-electron chi connectivity index (χ0n) is 29.4. The predicted molar refractivity (Wildman–Crippen MR) is 196 cm³/mol. The van der Waals surface area contributed by atoms with Crippen molar-refractivity contribution in [1.82, 2.24) is 15.5 Å². The van der Waals surface area contributed by atoms with Gasteiger partial charge >= 0.3 is 18.0 Å². The lowest BCUT2D eigenvalue weighted by atomic mass is 9.91. The van der Waals surface area contributed by atoms with E-state index < -0.39 is 47.9 Å². The Morgan fingerprint density at radius 3 is 1.77 bits per heavy atom. The third kappa shape index (κ3) is 11.3. The number of halogens is 1. The topological polar surface area (TPSA) is 194 Å². The zero-order valence-corrected chi connectivity index (χ0v) is 30.2. The molecule has 3 aromatic carbocycles. The Kier molecular flexibility index (Phi) is 13.0. The molecular formula is C38H44ClN5O8. The van der Waals surface area contributed by atoms with Crippen LogP contribution < -0.4 is 21.3 Å². The summed E-state index contributed by atoms with van der Waals surface area (Å²) in [7, 11) is 0. The van der Waals surface area contributed by atoms with Gasteiger partial charge in [0.1, 0.15) is 18.1 Å². The molecule has 1 aliphatic heterocycles. The summed E-state index contributed by atoms with van der Waals surface area (Å²) in [5, 5.41) is 31.1. The maximum absolute atomic E-state index is 13.6. The van der Waals surface area contributed by atoms with E-state index in [-0.39, 0.29) is 49.5 Å². The predicted octanol–water partition coefficient (Wildman–Crippen LogP) is 5.05. The lowest BCUT2D eigenvalue weighted by molar-refractivity contribution is -0.143. The molecule has 0 bridgehead atoms. The SMILES string of the molecule is CC(=O)N1CC(c2ccc(NC(=O)Nc3ccc(Cl)cc3)cc2)CC1C(=O)NC(Cc1ccccc1CC(NC(=O)CC(C)(C)C)C(=O)O)C(=O)O. The molecule has 52 heavy (non-hydrogen) atoms. The van der Waals surface area contributed by atoms with E-state index in [4.69, 9.17) is 11.6 Å². The maximum atomic E-state index is 13.6. The monoisotopic (exact) mass is 733 g/mol. The number of urea groups is 1. The fraction of sp³-hybridized carbons (Fsp3) is 0.368. The average Bonchev–Trinajstić information content (AvgIpc) is 3.52. The van der Waals surface area contributed by atoms with E-state index in [2.05, 4.69) is 21.3 Å². The summed E-state index contributed by atoms with van der Waals surface area (Å²) in [6.45, 7) is 7.17. The molecule has 0 radical (unpaired) electrons. The molecular weight excluding hydrogens is 690 g/mol. The normalized spacial score (nSPS) is 16.7. The number of aliphatic carboxylic acids is 2. The second-order valence-corrected chi connectivity index (χ2v) is 14.5. The van der Waals surface area contributed by atoms with Crippen molar-refractivity contribution in [3.05, 3.63) is 94.5 Å². The number of amides is 5. The molecule has 0 spiro atoms. The van der Waals surface area contributed by atoms with Gasteiger partial charge < -0.3 is 36.4 Å². The van der Waals surface area contributed by atoms with Gasteiger partial charge in [0, 0.05) is 55.0 Å². The third-order valence-electron chi connectivity index (χ3n) is 8.66. The summed E-state index contributed by atoms with van der Waals surface area (Å²) in [4.78, 5) is 77.1. The molecule has 0 saturated carbocycles. The fourth-order valence-electron chi connectivity index (χ4n) is 6.13. The summed E-state index contributed by atoms with van der Waals surface area (Å²) in [6.07, 6.45) is 0.117. The Morgan fingerprint density at radius 2 is 1.29 bits per heavy atom. The number of hydrogen-bond donors (Lipinski definition) is 6. The number of nitrogens with zero attached hydrogens (tertiary/aromatic N) is 1. The van der Waals surface area contributed by atoms with Gasteiger partial charge in [-0.25, -0.2) is 14.4 Å². The van der Waals surface area contributed by atoms with Gasteiger partial charge in [0.2, 0.25) is 17.7 Å². The van der Waals surface area contributed by atoms with Gasteiger partial charge in [-0.15, -0.1) is 0 Å². The van der Waals surface area contributed by atoms with Crippen molar-refractivity contribution in [3.63, 3.8) is 0 Å². The first-order chi connectivity index (χ1) is 24.5. The van der Waals surface area contributed by atoms with Crippen molar-refractivity contribution in [2.24, 2.45) is 5.41 Å². The summed E-state index contributed by atoms with van der Waals surface area (Å²) in [6, 6.07) is 16.4. The smallest absolute Gasteiger partial charge is 0.326 e. The van der Waals surface area contributed by atoms with Crippen LogP contribution in [0.5, 0.6) is 0 Å². The van der Waals surface area contributed by atoms with Crippen LogP contribution in [0, 0.1) is 5.41 Å². The number of rotatable bonds is 13. The van der Waals surface area contributed by atoms with Gasteiger partial charge in [0.15, 0.2) is 0 Å². The van der Waals surface area contributed by atoms with Crippen LogP contribution in [0.25, 0.3) is 0 Å². The van der Waals surface area contributed by atoms with Gasteiger partial charge in [0.05, 0.1) is 0 Å². The van der Waals surface area contributed by atoms with Gasteiger partial charge in [-0.3, -0.25) is 14.4 Å². The molecule has 1 saturated heterocycles. The van der Waals surface area contributed by atoms with Gasteiger partial charge in [0.25, 0.3) is 0 Å². The van der Waals surface area contributed by atoms with E-state index in [0.717, 1.165) is 5.56 Å². The first-order valence-electron chi connectivity index (χ1n) is 16.8. The molecule has 1 heterocycles. The number of anilines is 2. The molecule has 0 aliphatic carbocycles. The van der Waals surface area contributed by atoms with Crippen LogP contribution in [0.3, 0.4) is 0 Å². The van der Waals surface area contributed by atoms with Gasteiger partial charge in [-0.2, -0.15) is 0 Å². The van der Waals surface area contributed by atoms with Gasteiger partial charge in [-0.05, 0) is 64.9 Å². The summed E-state index contributed by atoms with van der Waals surface area (Å²) in [5.74, 6) is -4.15. The first kappa shape index (κ1) is 39.4. The fourth-order valence-corrected chi connectivity index (χ4v) is 6.26. The first-order valence-corrected chi connectivity index (χ1v) is 17.2. The summed E-state index contributed by atoms with van der Waals surface area (Å²) >= 11 is 5.89. The molecule has 6 N–H and O–H groups in total. The van der Waals surface area contributed by atoms with Crippen LogP contribution in [-0.2, 0) is 36.8 Å². The number of benzene rings is 3. The van der Waals surface area contributed by atoms with Crippen molar-refractivity contribution in [2.75, 3.05) is 17.2 Å². The van der Waals surface area contributed by atoms with Gasteiger partial charge in [-0.1, -0.05) is 68.8 Å². The Hall–Kier alpha value is -5.43. The van der Waals surface area contributed by atoms with E-state index in [1.165, 1.54) is 11.8 Å². The minimum absolute atomic E-state index is 0.0918. The van der Waals surface area contributed by atoms with E-state index in [9.17, 15) is 39.0 Å². The van der Waals surface area contributed by atoms with Crippen molar-refractivity contribution in [1.29, 1.82) is 0 Å². The van der Waals surface area contributed by atoms with Crippen molar-refractivity contribution >= 4 is 58.7 Å². The lowest BCUT2D eigenvalue weighted by Crippen LogP contribution is -2.51. The number of likely N-dealkylation sites (tertiary alicyclic amines) is 1. The number of nitrogens with one attached hydrogen (secondary N) is 4. The molecule has 0 aromatic heterocycles. The third-order valence-corrected chi connectivity index (χ3v) is 8.91. The molecule has 5 amide bonds. The largest absolute Gasteiger partial charge is 0.480 e. The van der Waals surface area contributed by atoms with Crippen molar-refractivity contribution in [2.45, 2.75) is 77.4 Å². The molecule has 1 fully saturated rings. The van der Waals surface area contributed by atoms with Crippen LogP contribution in [0.15, 0.2) is 72.8 Å². The van der Waals surface area contributed by atoms with Crippen molar-refractivity contribution in [3.8, 4) is 0 Å². The van der Waals surface area contributed by atoms with E-state index >= 15 is 0 Å². The molecule has 4 rings (SSSR count). The van der Waals surface area contributed by atoms with Crippen LogP contribution in [-0.4, -0.2) is 75.5 Å². The Bertz CT molecular complexity index is 1790. The molecule has 4 unspecified atom stereocenters. The minimum Gasteiger partial charge on any atom is -0.480 e. The summed E-state index contributed by atoms with van der Waals surface area (Å²) in [5.41, 5.74) is 2.58. The molecule has 14 heteroatoms. The van der Waals surface area contributed by atoms with Crippen LogP contribution >= 0.6 is 11.6 Å². The number of carboxylic acid groups (broad SMARTS) is 2. The standard InChI is InChI=1S/C38H44ClN5O8/c1-22(45)44-21-26(23-9-13-28(14-10-23)40-37(52)41-29-15-11-27(39)12-16-29)19-32(44)34(47)43-31(36(50)51)18-25-8-6-5-7-24(25)17-30(35(48)49)42-33(46)20-38(2,3)4/h5-16,26,30-32H,17-21H2,1-4H3,(H,42,46)(H,43,47)(H,48,49)(H,50,51)(H2,40,41,52). The average molecular weight is 734 g/mol. The highest BCUT2D eigenvalue weighted by atomic mass is 35.5. The molecule has 276 valence electrons. The Balaban J connectivity index is 1.42. The molecule has 13 nitrogen and oxygen atoms in total. The van der Waals surface area contributed by atoms with E-state index in [1.807, 2.05) is 20.8 Å². The highest BCUT2D eigenvalue weighted by Crippen LogP contribution is 2.33. The van der Waals surface area contributed by atoms with Crippen LogP contribution in [0.1, 0.15) is 63.1 Å². The van der Waals surface area contributed by atoms with Crippen LogP contribution in [0.2, 0.25) is 5.02 Å². The highest BCUT2D eigenvalue weighted by molar-refractivity contribution is 6.30. The Labute approximate surface area is 307 Å². The van der Waals surface area contributed by atoms with E-state index in [1.54, 1.807) is 72.8 Å². The molecule has 3 aromatic rings. The number of carbonyl (C=O) groups excluding carboxylic acids is 4. The second-order valence-electron chi connectivity index (χ2n) is 14.1.